The second-order valence-electron chi connectivity index (χ2n) is 5.31. The highest BCUT2D eigenvalue weighted by molar-refractivity contribution is 9.10. The molecule has 2 N–H and O–H groups in total. The SMILES string of the molecule is C[C@H]1CCCC[C@@H]1NC(=O)C(=O)Nc1cccc(Br)c1. The Morgan fingerprint density at radius 3 is 2.65 bits per heavy atom. The molecule has 0 bridgehead atoms. The molecule has 4 nitrogen and oxygen atoms in total. The van der Waals surface area contributed by atoms with Crippen LogP contribution in [0.15, 0.2) is 28.7 Å². The van der Waals surface area contributed by atoms with E-state index < -0.39 is 11.8 Å². The molecule has 0 saturated heterocycles. The topological polar surface area (TPSA) is 58.2 Å². The van der Waals surface area contributed by atoms with Crippen molar-refractivity contribution in [1.82, 2.24) is 5.32 Å². The number of nitrogens with one attached hydrogen (secondary N) is 2. The first kappa shape index (κ1) is 15.0. The van der Waals surface area contributed by atoms with Gasteiger partial charge in [0.15, 0.2) is 0 Å². The van der Waals surface area contributed by atoms with Crippen LogP contribution in [-0.2, 0) is 9.59 Å². The van der Waals surface area contributed by atoms with E-state index in [1.165, 1.54) is 6.42 Å². The molecule has 0 unspecified atom stereocenters. The Morgan fingerprint density at radius 1 is 1.20 bits per heavy atom. The molecule has 1 aromatic carbocycles. The Morgan fingerprint density at radius 2 is 1.95 bits per heavy atom. The summed E-state index contributed by atoms with van der Waals surface area (Å²) in [5.41, 5.74) is 0.608. The summed E-state index contributed by atoms with van der Waals surface area (Å²) >= 11 is 3.32. The van der Waals surface area contributed by atoms with Crippen molar-refractivity contribution in [1.29, 1.82) is 0 Å². The minimum absolute atomic E-state index is 0.115. The lowest BCUT2D eigenvalue weighted by atomic mass is 9.86. The molecule has 1 aromatic rings. The highest BCUT2D eigenvalue weighted by atomic mass is 79.9. The fourth-order valence-electron chi connectivity index (χ4n) is 2.52. The average molecular weight is 339 g/mol. The molecule has 2 amide bonds. The lowest BCUT2D eigenvalue weighted by Crippen LogP contribution is -2.45. The van der Waals surface area contributed by atoms with Crippen molar-refractivity contribution >= 4 is 33.4 Å². The quantitative estimate of drug-likeness (QED) is 0.814. The smallest absolute Gasteiger partial charge is 0.313 e. The van der Waals surface area contributed by atoms with Crippen LogP contribution in [0.2, 0.25) is 0 Å². The van der Waals surface area contributed by atoms with Crippen LogP contribution in [0.4, 0.5) is 5.69 Å². The second-order valence-corrected chi connectivity index (χ2v) is 6.22. The van der Waals surface area contributed by atoms with Crippen LogP contribution in [-0.4, -0.2) is 17.9 Å². The van der Waals surface area contributed by atoms with Gasteiger partial charge in [-0.2, -0.15) is 0 Å². The Labute approximate surface area is 127 Å². The summed E-state index contributed by atoms with van der Waals surface area (Å²) < 4.78 is 0.858. The van der Waals surface area contributed by atoms with Gasteiger partial charge in [-0.05, 0) is 37.0 Å². The Kier molecular flexibility index (Phi) is 5.17. The van der Waals surface area contributed by atoms with Crippen molar-refractivity contribution in [3.8, 4) is 0 Å². The van der Waals surface area contributed by atoms with Crippen LogP contribution < -0.4 is 10.6 Å². The van der Waals surface area contributed by atoms with E-state index in [0.717, 1.165) is 23.7 Å². The van der Waals surface area contributed by atoms with Crippen LogP contribution in [0.1, 0.15) is 32.6 Å². The summed E-state index contributed by atoms with van der Waals surface area (Å²) in [5.74, 6) is -0.726. The normalized spacial score (nSPS) is 22.1. The van der Waals surface area contributed by atoms with Gasteiger partial charge in [-0.1, -0.05) is 41.8 Å². The van der Waals surface area contributed by atoms with Gasteiger partial charge in [-0.25, -0.2) is 0 Å². The maximum absolute atomic E-state index is 11.9. The van der Waals surface area contributed by atoms with E-state index in [2.05, 4.69) is 33.5 Å². The summed E-state index contributed by atoms with van der Waals surface area (Å²) in [6.07, 6.45) is 4.38. The first-order valence-electron chi connectivity index (χ1n) is 6.93. The lowest BCUT2D eigenvalue weighted by Gasteiger charge is -2.29. The molecule has 2 atom stereocenters. The predicted octanol–water partition coefficient (Wildman–Crippen LogP) is 3.08. The highest BCUT2D eigenvalue weighted by Gasteiger charge is 2.25. The number of carbonyl (C=O) groups excluding carboxylic acids is 2. The summed E-state index contributed by atoms with van der Waals surface area (Å²) in [7, 11) is 0. The maximum atomic E-state index is 11.9. The number of amides is 2. The first-order valence-corrected chi connectivity index (χ1v) is 7.73. The van der Waals surface area contributed by atoms with E-state index in [4.69, 9.17) is 0 Å². The van der Waals surface area contributed by atoms with E-state index in [0.29, 0.717) is 11.6 Å². The number of carbonyl (C=O) groups is 2. The van der Waals surface area contributed by atoms with Gasteiger partial charge in [0.25, 0.3) is 0 Å². The molecule has 1 saturated carbocycles. The van der Waals surface area contributed by atoms with Crippen molar-refractivity contribution in [2.45, 2.75) is 38.6 Å². The second kappa shape index (κ2) is 6.88. The lowest BCUT2D eigenvalue weighted by molar-refractivity contribution is -0.137. The third-order valence-corrected chi connectivity index (χ3v) is 4.21. The predicted molar refractivity (Wildman–Crippen MR) is 82.3 cm³/mol. The van der Waals surface area contributed by atoms with Crippen molar-refractivity contribution in [2.75, 3.05) is 5.32 Å². The molecule has 0 aliphatic heterocycles. The van der Waals surface area contributed by atoms with Crippen molar-refractivity contribution < 1.29 is 9.59 Å². The van der Waals surface area contributed by atoms with E-state index in [9.17, 15) is 9.59 Å². The summed E-state index contributed by atoms with van der Waals surface area (Å²) in [6, 6.07) is 7.29. The maximum Gasteiger partial charge on any atom is 0.313 e. The number of benzene rings is 1. The molecular weight excluding hydrogens is 320 g/mol. The minimum Gasteiger partial charge on any atom is -0.345 e. The summed E-state index contributed by atoms with van der Waals surface area (Å²) in [6.45, 7) is 2.12. The van der Waals surface area contributed by atoms with Crippen LogP contribution >= 0.6 is 15.9 Å². The molecule has 1 aliphatic carbocycles. The Hall–Kier alpha value is -1.36. The third kappa shape index (κ3) is 4.07. The first-order chi connectivity index (χ1) is 9.56. The summed E-state index contributed by atoms with van der Waals surface area (Å²) in [5, 5.41) is 5.45. The molecule has 0 aromatic heterocycles. The average Bonchev–Trinajstić information content (AvgIpc) is 2.41. The van der Waals surface area contributed by atoms with Crippen molar-refractivity contribution in [2.24, 2.45) is 5.92 Å². The largest absolute Gasteiger partial charge is 0.345 e. The minimum atomic E-state index is -0.610. The van der Waals surface area contributed by atoms with Crippen LogP contribution in [0.3, 0.4) is 0 Å². The molecular formula is C15H19BrN2O2. The Balaban J connectivity index is 1.90. The molecule has 0 heterocycles. The van der Waals surface area contributed by atoms with E-state index in [-0.39, 0.29) is 6.04 Å². The van der Waals surface area contributed by atoms with Crippen molar-refractivity contribution in [3.05, 3.63) is 28.7 Å². The Bertz CT molecular complexity index is 504. The van der Waals surface area contributed by atoms with E-state index in [1.54, 1.807) is 18.2 Å². The molecule has 0 spiro atoms. The zero-order valence-electron chi connectivity index (χ0n) is 11.5. The summed E-state index contributed by atoms with van der Waals surface area (Å²) in [4.78, 5) is 23.8. The molecule has 5 heteroatoms. The monoisotopic (exact) mass is 338 g/mol. The van der Waals surface area contributed by atoms with E-state index in [1.807, 2.05) is 6.07 Å². The van der Waals surface area contributed by atoms with Crippen LogP contribution in [0.5, 0.6) is 0 Å². The zero-order chi connectivity index (χ0) is 14.5. The van der Waals surface area contributed by atoms with Gasteiger partial charge in [0.05, 0.1) is 0 Å². The van der Waals surface area contributed by atoms with Gasteiger partial charge < -0.3 is 10.6 Å². The molecule has 1 aliphatic rings. The highest BCUT2D eigenvalue weighted by Crippen LogP contribution is 2.23. The van der Waals surface area contributed by atoms with Gasteiger partial charge in [0.2, 0.25) is 0 Å². The number of rotatable bonds is 2. The molecule has 108 valence electrons. The van der Waals surface area contributed by atoms with Crippen LogP contribution in [0, 0.1) is 5.92 Å². The molecule has 2 rings (SSSR count). The number of hydrogen-bond acceptors (Lipinski definition) is 2. The third-order valence-electron chi connectivity index (χ3n) is 3.72. The van der Waals surface area contributed by atoms with Gasteiger partial charge in [0.1, 0.15) is 0 Å². The number of hydrogen-bond donors (Lipinski definition) is 2. The molecule has 20 heavy (non-hydrogen) atoms. The fourth-order valence-corrected chi connectivity index (χ4v) is 2.92. The number of halogens is 1. The van der Waals surface area contributed by atoms with Crippen LogP contribution in [0.25, 0.3) is 0 Å². The van der Waals surface area contributed by atoms with Gasteiger partial charge in [-0.15, -0.1) is 0 Å². The van der Waals surface area contributed by atoms with Gasteiger partial charge >= 0.3 is 11.8 Å². The standard InChI is InChI=1S/C15H19BrN2O2/c1-10-5-2-3-8-13(10)18-15(20)14(19)17-12-7-4-6-11(16)9-12/h4,6-7,9-10,13H,2-3,5,8H2,1H3,(H,17,19)(H,18,20)/t10-,13-/m0/s1. The fraction of sp³-hybridized carbons (Fsp3) is 0.467. The molecule has 1 fully saturated rings. The van der Waals surface area contributed by atoms with Gasteiger partial charge in [-0.3, -0.25) is 9.59 Å². The van der Waals surface area contributed by atoms with Crippen molar-refractivity contribution in [3.63, 3.8) is 0 Å². The molecule has 0 radical (unpaired) electrons. The van der Waals surface area contributed by atoms with E-state index >= 15 is 0 Å². The number of anilines is 1. The zero-order valence-corrected chi connectivity index (χ0v) is 13.1. The van der Waals surface area contributed by atoms with Gasteiger partial charge in [0, 0.05) is 16.2 Å².